The minimum atomic E-state index is 0.485. The Morgan fingerprint density at radius 1 is 1.38 bits per heavy atom. The summed E-state index contributed by atoms with van der Waals surface area (Å²) >= 11 is 0. The van der Waals surface area contributed by atoms with Gasteiger partial charge in [0.15, 0.2) is 0 Å². The highest BCUT2D eigenvalue weighted by Gasteiger charge is 2.06. The molecule has 2 N–H and O–H groups in total. The molecule has 0 atom stereocenters. The molecule has 0 amide bonds. The van der Waals surface area contributed by atoms with E-state index in [2.05, 4.69) is 21.9 Å². The molecule has 5 heteroatoms. The molecule has 2 rings (SSSR count). The van der Waals surface area contributed by atoms with Crippen molar-refractivity contribution in [1.29, 1.82) is 0 Å². The first kappa shape index (κ1) is 10.6. The maximum Gasteiger partial charge on any atom is 0.143 e. The summed E-state index contributed by atoms with van der Waals surface area (Å²) in [6.07, 6.45) is 5.65. The summed E-state index contributed by atoms with van der Waals surface area (Å²) in [6.45, 7) is 3.95. The normalized spacial score (nSPS) is 10.6. The first-order chi connectivity index (χ1) is 7.70. The van der Waals surface area contributed by atoms with Gasteiger partial charge in [0, 0.05) is 24.9 Å². The van der Waals surface area contributed by atoms with Crippen LogP contribution in [0.1, 0.15) is 25.0 Å². The highest BCUT2D eigenvalue weighted by atomic mass is 15.1. The summed E-state index contributed by atoms with van der Waals surface area (Å²) < 4.78 is 1.95. The zero-order valence-corrected chi connectivity index (χ0v) is 9.51. The zero-order valence-electron chi connectivity index (χ0n) is 9.51. The van der Waals surface area contributed by atoms with Gasteiger partial charge in [0.1, 0.15) is 23.3 Å². The molecule has 16 heavy (non-hydrogen) atoms. The lowest BCUT2D eigenvalue weighted by atomic mass is 10.3. The van der Waals surface area contributed by atoms with Crippen LogP contribution in [0.2, 0.25) is 0 Å². The van der Waals surface area contributed by atoms with Crippen LogP contribution in [0.15, 0.2) is 18.5 Å². The quantitative estimate of drug-likeness (QED) is 0.846. The molecular weight excluding hydrogens is 202 g/mol. The van der Waals surface area contributed by atoms with Gasteiger partial charge < -0.3 is 5.73 Å². The van der Waals surface area contributed by atoms with Crippen molar-refractivity contribution in [2.75, 3.05) is 5.73 Å². The molecule has 0 unspecified atom stereocenters. The smallest absolute Gasteiger partial charge is 0.143 e. The molecule has 0 spiro atoms. The number of hydrogen-bond donors (Lipinski definition) is 1. The molecule has 0 radical (unpaired) electrons. The predicted octanol–water partition coefficient (Wildman–Crippen LogP) is 1.51. The van der Waals surface area contributed by atoms with Gasteiger partial charge in [-0.05, 0) is 13.3 Å². The SMILES string of the molecule is CCCc1nccn1-c1cc(N)nc(C)n1. The number of anilines is 1. The second-order valence-corrected chi connectivity index (χ2v) is 3.66. The van der Waals surface area contributed by atoms with Crippen molar-refractivity contribution >= 4 is 5.82 Å². The van der Waals surface area contributed by atoms with Crippen LogP contribution < -0.4 is 5.73 Å². The maximum atomic E-state index is 5.70. The Morgan fingerprint density at radius 2 is 2.19 bits per heavy atom. The number of nitrogens with two attached hydrogens (primary N) is 1. The highest BCUT2D eigenvalue weighted by Crippen LogP contribution is 2.12. The number of nitrogen functional groups attached to an aromatic ring is 1. The van der Waals surface area contributed by atoms with Gasteiger partial charge >= 0.3 is 0 Å². The van der Waals surface area contributed by atoms with E-state index < -0.39 is 0 Å². The van der Waals surface area contributed by atoms with Gasteiger partial charge in [0.25, 0.3) is 0 Å². The first-order valence-corrected chi connectivity index (χ1v) is 5.34. The predicted molar refractivity (Wildman–Crippen MR) is 62.3 cm³/mol. The Morgan fingerprint density at radius 3 is 2.88 bits per heavy atom. The molecule has 0 saturated heterocycles. The molecule has 2 aromatic heterocycles. The van der Waals surface area contributed by atoms with Gasteiger partial charge in [-0.3, -0.25) is 4.57 Å². The summed E-state index contributed by atoms with van der Waals surface area (Å²) in [4.78, 5) is 12.7. The number of rotatable bonds is 3. The van der Waals surface area contributed by atoms with Crippen LogP contribution in [0, 0.1) is 6.92 Å². The summed E-state index contributed by atoms with van der Waals surface area (Å²) in [6, 6.07) is 1.76. The molecule has 0 fully saturated rings. The number of nitrogens with zero attached hydrogens (tertiary/aromatic N) is 4. The van der Waals surface area contributed by atoms with Crippen molar-refractivity contribution in [3.8, 4) is 5.82 Å². The molecule has 0 saturated carbocycles. The van der Waals surface area contributed by atoms with E-state index in [0.717, 1.165) is 24.5 Å². The standard InChI is InChI=1S/C11H15N5/c1-3-4-10-13-5-6-16(10)11-7-9(12)14-8(2)15-11/h5-7H,3-4H2,1-2H3,(H2,12,14,15). The molecule has 2 aromatic rings. The van der Waals surface area contributed by atoms with Gasteiger partial charge in [0.2, 0.25) is 0 Å². The summed E-state index contributed by atoms with van der Waals surface area (Å²) in [7, 11) is 0. The van der Waals surface area contributed by atoms with E-state index in [1.54, 1.807) is 12.3 Å². The van der Waals surface area contributed by atoms with Crippen molar-refractivity contribution in [2.24, 2.45) is 0 Å². The van der Waals surface area contributed by atoms with Crippen molar-refractivity contribution < 1.29 is 0 Å². The lowest BCUT2D eigenvalue weighted by Crippen LogP contribution is -2.06. The molecule has 2 heterocycles. The fourth-order valence-corrected chi connectivity index (χ4v) is 1.65. The van der Waals surface area contributed by atoms with Crippen LogP contribution in [0.5, 0.6) is 0 Å². The number of aryl methyl sites for hydroxylation is 2. The van der Waals surface area contributed by atoms with Gasteiger partial charge in [0.05, 0.1) is 0 Å². The zero-order chi connectivity index (χ0) is 11.5. The average molecular weight is 217 g/mol. The second kappa shape index (κ2) is 4.30. The molecule has 0 aliphatic rings. The van der Waals surface area contributed by atoms with Crippen molar-refractivity contribution in [2.45, 2.75) is 26.7 Å². The van der Waals surface area contributed by atoms with E-state index in [4.69, 9.17) is 5.73 Å². The molecule has 5 nitrogen and oxygen atoms in total. The van der Waals surface area contributed by atoms with Crippen LogP contribution in [0.3, 0.4) is 0 Å². The van der Waals surface area contributed by atoms with E-state index in [0.29, 0.717) is 11.6 Å². The van der Waals surface area contributed by atoms with E-state index >= 15 is 0 Å². The number of imidazole rings is 1. The molecule has 0 bridgehead atoms. The van der Waals surface area contributed by atoms with E-state index in [-0.39, 0.29) is 0 Å². The van der Waals surface area contributed by atoms with Gasteiger partial charge in [-0.15, -0.1) is 0 Å². The van der Waals surface area contributed by atoms with Crippen molar-refractivity contribution in [3.63, 3.8) is 0 Å². The number of hydrogen-bond acceptors (Lipinski definition) is 4. The Kier molecular flexibility index (Phi) is 2.85. The van der Waals surface area contributed by atoms with Crippen LogP contribution >= 0.6 is 0 Å². The minimum Gasteiger partial charge on any atom is -0.384 e. The Balaban J connectivity index is 2.45. The van der Waals surface area contributed by atoms with Crippen LogP contribution in [0.4, 0.5) is 5.82 Å². The Labute approximate surface area is 94.4 Å². The third-order valence-corrected chi connectivity index (χ3v) is 2.28. The third kappa shape index (κ3) is 2.03. The number of aromatic nitrogens is 4. The lowest BCUT2D eigenvalue weighted by Gasteiger charge is -2.07. The molecular formula is C11H15N5. The molecule has 0 aromatic carbocycles. The molecule has 84 valence electrons. The van der Waals surface area contributed by atoms with Crippen LogP contribution in [-0.4, -0.2) is 19.5 Å². The fourth-order valence-electron chi connectivity index (χ4n) is 1.65. The van der Waals surface area contributed by atoms with Crippen molar-refractivity contribution in [1.82, 2.24) is 19.5 Å². The van der Waals surface area contributed by atoms with Gasteiger partial charge in [-0.25, -0.2) is 15.0 Å². The van der Waals surface area contributed by atoms with E-state index in [9.17, 15) is 0 Å². The average Bonchev–Trinajstić information content (AvgIpc) is 2.65. The highest BCUT2D eigenvalue weighted by molar-refractivity contribution is 5.38. The van der Waals surface area contributed by atoms with E-state index in [1.807, 2.05) is 17.7 Å². The summed E-state index contributed by atoms with van der Waals surface area (Å²) in [5, 5.41) is 0. The van der Waals surface area contributed by atoms with Crippen molar-refractivity contribution in [3.05, 3.63) is 30.1 Å². The Hall–Kier alpha value is -1.91. The lowest BCUT2D eigenvalue weighted by molar-refractivity contribution is 0.793. The topological polar surface area (TPSA) is 69.6 Å². The van der Waals surface area contributed by atoms with Gasteiger partial charge in [-0.1, -0.05) is 6.92 Å². The third-order valence-electron chi connectivity index (χ3n) is 2.28. The maximum absolute atomic E-state index is 5.70. The van der Waals surface area contributed by atoms with Crippen LogP contribution in [0.25, 0.3) is 5.82 Å². The van der Waals surface area contributed by atoms with Crippen LogP contribution in [-0.2, 0) is 6.42 Å². The van der Waals surface area contributed by atoms with E-state index in [1.165, 1.54) is 0 Å². The first-order valence-electron chi connectivity index (χ1n) is 5.34. The minimum absolute atomic E-state index is 0.485. The molecule has 0 aliphatic heterocycles. The fraction of sp³-hybridized carbons (Fsp3) is 0.364. The second-order valence-electron chi connectivity index (χ2n) is 3.66. The van der Waals surface area contributed by atoms with Gasteiger partial charge in [-0.2, -0.15) is 0 Å². The largest absolute Gasteiger partial charge is 0.384 e. The summed E-state index contributed by atoms with van der Waals surface area (Å²) in [5.41, 5.74) is 5.70. The molecule has 0 aliphatic carbocycles. The monoisotopic (exact) mass is 217 g/mol. The Bertz CT molecular complexity index is 469. The summed E-state index contributed by atoms with van der Waals surface area (Å²) in [5.74, 6) is 2.94.